The molecule has 0 bridgehead atoms. The molecule has 1 aliphatic carbocycles. The van der Waals surface area contributed by atoms with Gasteiger partial charge in [0.2, 0.25) is 5.88 Å². The number of benzene rings is 1. The van der Waals surface area contributed by atoms with Crippen molar-refractivity contribution in [3.63, 3.8) is 0 Å². The Balaban J connectivity index is 1.74. The van der Waals surface area contributed by atoms with E-state index in [2.05, 4.69) is 26.0 Å². The Morgan fingerprint density at radius 3 is 2.69 bits per heavy atom. The molecule has 2 heterocycles. The normalized spacial score (nSPS) is 17.3. The molecule has 2 aliphatic rings. The summed E-state index contributed by atoms with van der Waals surface area (Å²) >= 11 is 1.56. The van der Waals surface area contributed by atoms with Crippen molar-refractivity contribution in [2.45, 2.75) is 57.1 Å². The van der Waals surface area contributed by atoms with Crippen LogP contribution >= 0.6 is 11.8 Å². The first-order valence-corrected chi connectivity index (χ1v) is 12.1. The molecular formula is C24H32N2O5S. The minimum absolute atomic E-state index is 0.128. The molecule has 2 aromatic rings. The van der Waals surface area contributed by atoms with Crippen LogP contribution in [0.4, 0.5) is 0 Å². The number of hydrogen-bond acceptors (Lipinski definition) is 8. The number of rotatable bonds is 9. The summed E-state index contributed by atoms with van der Waals surface area (Å²) in [6.45, 7) is 10.6. The van der Waals surface area contributed by atoms with Gasteiger partial charge in [0.05, 0.1) is 31.6 Å². The molecule has 32 heavy (non-hydrogen) atoms. The van der Waals surface area contributed by atoms with E-state index in [-0.39, 0.29) is 17.8 Å². The molecule has 1 aromatic heterocycles. The lowest BCUT2D eigenvalue weighted by Crippen LogP contribution is -2.29. The van der Waals surface area contributed by atoms with E-state index < -0.39 is 0 Å². The predicted octanol–water partition coefficient (Wildman–Crippen LogP) is 4.25. The second-order valence-corrected chi connectivity index (χ2v) is 9.97. The number of hydrogen-bond donors (Lipinski definition) is 0. The van der Waals surface area contributed by atoms with E-state index in [1.54, 1.807) is 18.9 Å². The third kappa shape index (κ3) is 5.20. The van der Waals surface area contributed by atoms with E-state index >= 15 is 0 Å². The van der Waals surface area contributed by atoms with Gasteiger partial charge in [0.25, 0.3) is 0 Å². The molecule has 7 nitrogen and oxygen atoms in total. The molecule has 1 aliphatic heterocycles. The molecule has 0 unspecified atom stereocenters. The summed E-state index contributed by atoms with van der Waals surface area (Å²) in [4.78, 5) is 9.75. The van der Waals surface area contributed by atoms with E-state index in [1.165, 1.54) is 5.56 Å². The van der Waals surface area contributed by atoms with Crippen molar-refractivity contribution in [2.75, 3.05) is 39.3 Å². The number of fused-ring (bicyclic) bond motifs is 3. The molecule has 1 fully saturated rings. The Kier molecular flexibility index (Phi) is 7.24. The highest BCUT2D eigenvalue weighted by Crippen LogP contribution is 2.47. The number of methoxy groups -OCH3 is 1. The summed E-state index contributed by atoms with van der Waals surface area (Å²) in [7, 11) is 1.69. The molecule has 0 saturated carbocycles. The molecule has 0 radical (unpaired) electrons. The van der Waals surface area contributed by atoms with Crippen LogP contribution in [-0.4, -0.2) is 61.7 Å². The molecule has 8 heteroatoms. The number of thioether (sulfide) groups is 1. The van der Waals surface area contributed by atoms with Crippen LogP contribution in [0.3, 0.4) is 0 Å². The number of nitrogens with zero attached hydrogens (tertiary/aromatic N) is 2. The molecule has 1 aromatic carbocycles. The molecule has 0 amide bonds. The van der Waals surface area contributed by atoms with Crippen molar-refractivity contribution in [1.82, 2.24) is 9.97 Å². The first kappa shape index (κ1) is 23.3. The van der Waals surface area contributed by atoms with Crippen molar-refractivity contribution in [1.29, 1.82) is 0 Å². The fraction of sp³-hybridized carbons (Fsp3) is 0.583. The van der Waals surface area contributed by atoms with E-state index in [0.717, 1.165) is 34.7 Å². The smallest absolute Gasteiger partial charge is 0.222 e. The minimum atomic E-state index is -0.361. The van der Waals surface area contributed by atoms with E-state index in [0.29, 0.717) is 37.5 Å². The maximum absolute atomic E-state index is 6.19. The molecule has 4 rings (SSSR count). The number of ether oxygens (including phenoxy) is 5. The first-order chi connectivity index (χ1) is 15.4. The van der Waals surface area contributed by atoms with Gasteiger partial charge in [0, 0.05) is 29.4 Å². The summed E-state index contributed by atoms with van der Waals surface area (Å²) in [6.07, 6.45) is 0.611. The van der Waals surface area contributed by atoms with Crippen molar-refractivity contribution >= 4 is 11.8 Å². The largest absolute Gasteiger partial charge is 0.491 e. The lowest BCUT2D eigenvalue weighted by atomic mass is 9.72. The standard InChI is InChI=1S/C24H32N2O5S/c1-15(2)31-17-6-7-18-16(12-17)13-24(3,4)20-21(18)25-23(32-11-10-27-5)26-22(20)30-14-19-28-8-9-29-19/h6-7,12,15,19H,8-11,13-14H2,1-5H3. The average Bonchev–Trinajstić information content (AvgIpc) is 3.24. The van der Waals surface area contributed by atoms with Gasteiger partial charge in [-0.2, -0.15) is 4.98 Å². The molecule has 0 spiro atoms. The maximum atomic E-state index is 6.19. The predicted molar refractivity (Wildman–Crippen MR) is 124 cm³/mol. The van der Waals surface area contributed by atoms with E-state index in [4.69, 9.17) is 33.7 Å². The van der Waals surface area contributed by atoms with Crippen molar-refractivity contribution in [2.24, 2.45) is 0 Å². The third-order valence-electron chi connectivity index (χ3n) is 5.43. The topological polar surface area (TPSA) is 71.9 Å². The van der Waals surface area contributed by atoms with Crippen LogP contribution < -0.4 is 9.47 Å². The lowest BCUT2D eigenvalue weighted by Gasteiger charge is -2.34. The molecular weight excluding hydrogens is 428 g/mol. The van der Waals surface area contributed by atoms with Crippen LogP contribution in [0.25, 0.3) is 11.3 Å². The van der Waals surface area contributed by atoms with E-state index in [1.807, 2.05) is 19.9 Å². The second kappa shape index (κ2) is 9.95. The van der Waals surface area contributed by atoms with Gasteiger partial charge in [-0.1, -0.05) is 25.6 Å². The average molecular weight is 461 g/mol. The molecule has 174 valence electrons. The van der Waals surface area contributed by atoms with Gasteiger partial charge in [-0.15, -0.1) is 0 Å². The Bertz CT molecular complexity index is 944. The summed E-state index contributed by atoms with van der Waals surface area (Å²) in [5, 5.41) is 0.676. The van der Waals surface area contributed by atoms with Crippen molar-refractivity contribution < 1.29 is 23.7 Å². The highest BCUT2D eigenvalue weighted by atomic mass is 32.2. The summed E-state index contributed by atoms with van der Waals surface area (Å²) in [6, 6.07) is 6.26. The van der Waals surface area contributed by atoms with Gasteiger partial charge in [0.15, 0.2) is 11.4 Å². The highest BCUT2D eigenvalue weighted by Gasteiger charge is 2.37. The van der Waals surface area contributed by atoms with Crippen molar-refractivity contribution in [3.05, 3.63) is 29.3 Å². The Morgan fingerprint density at radius 1 is 1.19 bits per heavy atom. The van der Waals surface area contributed by atoms with Crippen LogP contribution in [0.15, 0.2) is 23.4 Å². The Hall–Kier alpha value is -1.87. The van der Waals surface area contributed by atoms with Crippen molar-refractivity contribution in [3.8, 4) is 22.9 Å². The van der Waals surface area contributed by atoms with Gasteiger partial charge in [0.1, 0.15) is 12.4 Å². The molecule has 1 saturated heterocycles. The maximum Gasteiger partial charge on any atom is 0.222 e. The van der Waals surface area contributed by atoms with Crippen LogP contribution in [0, 0.1) is 0 Å². The Morgan fingerprint density at radius 2 is 1.97 bits per heavy atom. The van der Waals surface area contributed by atoms with Crippen LogP contribution in [-0.2, 0) is 26.0 Å². The van der Waals surface area contributed by atoms with Crippen LogP contribution in [0.2, 0.25) is 0 Å². The van der Waals surface area contributed by atoms with Gasteiger partial charge in [-0.05, 0) is 44.0 Å². The summed E-state index contributed by atoms with van der Waals surface area (Å²) < 4.78 is 28.4. The zero-order valence-electron chi connectivity index (χ0n) is 19.5. The SMILES string of the molecule is COCCSc1nc(OCC2OCCO2)c2c(n1)-c1ccc(OC(C)C)cc1CC2(C)C. The van der Waals surface area contributed by atoms with Crippen LogP contribution in [0.5, 0.6) is 11.6 Å². The number of aromatic nitrogens is 2. The molecule has 0 atom stereocenters. The zero-order chi connectivity index (χ0) is 22.7. The van der Waals surface area contributed by atoms with Gasteiger partial charge in [-0.3, -0.25) is 0 Å². The van der Waals surface area contributed by atoms with Gasteiger partial charge < -0.3 is 23.7 Å². The fourth-order valence-corrected chi connectivity index (χ4v) is 4.85. The molecule has 0 N–H and O–H groups in total. The summed E-state index contributed by atoms with van der Waals surface area (Å²) in [5.74, 6) is 2.25. The van der Waals surface area contributed by atoms with Gasteiger partial charge >= 0.3 is 0 Å². The Labute approximate surface area is 194 Å². The highest BCUT2D eigenvalue weighted by molar-refractivity contribution is 7.99. The van der Waals surface area contributed by atoms with Gasteiger partial charge in [-0.25, -0.2) is 4.98 Å². The third-order valence-corrected chi connectivity index (χ3v) is 6.25. The first-order valence-electron chi connectivity index (χ1n) is 11.1. The zero-order valence-corrected chi connectivity index (χ0v) is 20.3. The quantitative estimate of drug-likeness (QED) is 0.312. The van der Waals surface area contributed by atoms with Crippen LogP contribution in [0.1, 0.15) is 38.8 Å². The second-order valence-electron chi connectivity index (χ2n) is 8.90. The van der Waals surface area contributed by atoms with E-state index in [9.17, 15) is 0 Å². The monoisotopic (exact) mass is 460 g/mol. The lowest BCUT2D eigenvalue weighted by molar-refractivity contribution is -0.0696. The fourth-order valence-electron chi connectivity index (χ4n) is 4.12. The minimum Gasteiger partial charge on any atom is -0.491 e. The summed E-state index contributed by atoms with van der Waals surface area (Å²) in [5.41, 5.74) is 4.06.